The Kier molecular flexibility index (Phi) is 5.22. The van der Waals surface area contributed by atoms with E-state index < -0.39 is 4.92 Å². The summed E-state index contributed by atoms with van der Waals surface area (Å²) in [5.41, 5.74) is 2.12. The number of ether oxygens (including phenoxy) is 1. The van der Waals surface area contributed by atoms with Gasteiger partial charge in [-0.2, -0.15) is 0 Å². The number of hydrogen-bond acceptors (Lipinski definition) is 6. The Morgan fingerprint density at radius 1 is 1.19 bits per heavy atom. The molecular weight excluding hydrogens is 352 g/mol. The first kappa shape index (κ1) is 17.9. The van der Waals surface area contributed by atoms with Gasteiger partial charge in [-0.3, -0.25) is 10.1 Å². The van der Waals surface area contributed by atoms with Crippen molar-refractivity contribution >= 4 is 17.4 Å². The van der Waals surface area contributed by atoms with Gasteiger partial charge in [0.05, 0.1) is 11.5 Å². The average Bonchev–Trinajstić information content (AvgIpc) is 2.97. The van der Waals surface area contributed by atoms with Crippen LogP contribution >= 0.6 is 11.8 Å². The first-order chi connectivity index (χ1) is 12.5. The summed E-state index contributed by atoms with van der Waals surface area (Å²) in [5.74, 6) is 1.02. The minimum absolute atomic E-state index is 0.0468. The van der Waals surface area contributed by atoms with Gasteiger partial charge in [-0.15, -0.1) is 10.2 Å². The third kappa shape index (κ3) is 3.70. The van der Waals surface area contributed by atoms with Gasteiger partial charge in [-0.25, -0.2) is 0 Å². The van der Waals surface area contributed by atoms with E-state index >= 15 is 0 Å². The molecule has 7 nitrogen and oxygen atoms in total. The predicted octanol–water partition coefficient (Wildman–Crippen LogP) is 4.25. The van der Waals surface area contributed by atoms with Crippen molar-refractivity contribution in [2.24, 2.45) is 7.05 Å². The highest BCUT2D eigenvalue weighted by atomic mass is 32.2. The summed E-state index contributed by atoms with van der Waals surface area (Å²) >= 11 is 1.38. The van der Waals surface area contributed by atoms with Gasteiger partial charge in [-0.05, 0) is 31.7 Å². The van der Waals surface area contributed by atoms with Crippen molar-refractivity contribution in [2.75, 3.05) is 6.61 Å². The third-order valence-corrected chi connectivity index (χ3v) is 4.81. The van der Waals surface area contributed by atoms with Gasteiger partial charge in [0.25, 0.3) is 0 Å². The molecule has 1 aromatic heterocycles. The molecule has 0 aliphatic rings. The van der Waals surface area contributed by atoms with Crippen LogP contribution in [0.5, 0.6) is 5.75 Å². The fourth-order valence-electron chi connectivity index (χ4n) is 2.44. The third-order valence-electron chi connectivity index (χ3n) is 3.78. The van der Waals surface area contributed by atoms with Crippen molar-refractivity contribution in [3.05, 3.63) is 58.1 Å². The van der Waals surface area contributed by atoms with Gasteiger partial charge in [0.15, 0.2) is 16.7 Å². The highest BCUT2D eigenvalue weighted by molar-refractivity contribution is 7.99. The number of nitro groups is 1. The lowest BCUT2D eigenvalue weighted by molar-refractivity contribution is -0.385. The van der Waals surface area contributed by atoms with Crippen LogP contribution in [0.15, 0.2) is 52.5 Å². The predicted molar refractivity (Wildman–Crippen MR) is 99.6 cm³/mol. The van der Waals surface area contributed by atoms with Crippen molar-refractivity contribution in [3.8, 4) is 17.1 Å². The number of aryl methyl sites for hydroxylation is 1. The Labute approximate surface area is 155 Å². The van der Waals surface area contributed by atoms with Crippen molar-refractivity contribution in [3.63, 3.8) is 0 Å². The van der Waals surface area contributed by atoms with E-state index in [4.69, 9.17) is 4.74 Å². The van der Waals surface area contributed by atoms with Crippen LogP contribution in [-0.2, 0) is 7.05 Å². The summed E-state index contributed by atoms with van der Waals surface area (Å²) in [6.45, 7) is 4.18. The average molecular weight is 370 g/mol. The molecular formula is C18H18N4O3S. The molecule has 0 radical (unpaired) electrons. The van der Waals surface area contributed by atoms with E-state index in [1.807, 2.05) is 42.8 Å². The van der Waals surface area contributed by atoms with Crippen molar-refractivity contribution < 1.29 is 9.66 Å². The number of rotatable bonds is 6. The van der Waals surface area contributed by atoms with E-state index in [1.165, 1.54) is 23.4 Å². The Bertz CT molecular complexity index is 938. The monoisotopic (exact) mass is 370 g/mol. The molecule has 1 heterocycles. The first-order valence-electron chi connectivity index (χ1n) is 8.05. The Balaban J connectivity index is 1.89. The summed E-state index contributed by atoms with van der Waals surface area (Å²) in [6, 6.07) is 12.9. The molecule has 2 aromatic carbocycles. The van der Waals surface area contributed by atoms with Gasteiger partial charge in [0.2, 0.25) is 0 Å². The van der Waals surface area contributed by atoms with Crippen LogP contribution in [0.1, 0.15) is 12.5 Å². The van der Waals surface area contributed by atoms with Gasteiger partial charge < -0.3 is 9.30 Å². The smallest absolute Gasteiger partial charge is 0.310 e. The van der Waals surface area contributed by atoms with Crippen molar-refractivity contribution in [2.45, 2.75) is 23.9 Å². The van der Waals surface area contributed by atoms with Gasteiger partial charge in [0.1, 0.15) is 0 Å². The summed E-state index contributed by atoms with van der Waals surface area (Å²) in [4.78, 5) is 11.4. The molecule has 0 spiro atoms. The molecule has 0 amide bonds. The highest BCUT2D eigenvalue weighted by Crippen LogP contribution is 2.35. The summed E-state index contributed by atoms with van der Waals surface area (Å²) in [6.07, 6.45) is 0. The van der Waals surface area contributed by atoms with Gasteiger partial charge >= 0.3 is 5.69 Å². The van der Waals surface area contributed by atoms with E-state index in [1.54, 1.807) is 19.1 Å². The molecule has 134 valence electrons. The minimum Gasteiger partial charge on any atom is -0.487 e. The van der Waals surface area contributed by atoms with Crippen LogP contribution < -0.4 is 4.74 Å². The zero-order valence-corrected chi connectivity index (χ0v) is 15.5. The lowest BCUT2D eigenvalue weighted by atomic mass is 10.1. The highest BCUT2D eigenvalue weighted by Gasteiger charge is 2.17. The van der Waals surface area contributed by atoms with Gasteiger partial charge in [0, 0.05) is 29.6 Å². The van der Waals surface area contributed by atoms with Crippen LogP contribution in [0.4, 0.5) is 5.69 Å². The standard InChI is InChI=1S/C18H18N4O3S/c1-4-25-16-11-14(9-10-15(16)22(23)24)26-18-20-19-17(21(18)3)13-7-5-12(2)6-8-13/h5-11H,4H2,1-3H3. The number of hydrogen-bond donors (Lipinski definition) is 0. The normalized spacial score (nSPS) is 10.7. The molecule has 0 fully saturated rings. The van der Waals surface area contributed by atoms with Crippen molar-refractivity contribution in [1.29, 1.82) is 0 Å². The maximum Gasteiger partial charge on any atom is 0.310 e. The molecule has 0 aliphatic heterocycles. The molecule has 0 saturated heterocycles. The Morgan fingerprint density at radius 3 is 2.58 bits per heavy atom. The number of nitrogens with zero attached hydrogens (tertiary/aromatic N) is 4. The second-order valence-corrected chi connectivity index (χ2v) is 6.69. The molecule has 26 heavy (non-hydrogen) atoms. The summed E-state index contributed by atoms with van der Waals surface area (Å²) < 4.78 is 7.29. The summed E-state index contributed by atoms with van der Waals surface area (Å²) in [5, 5.41) is 20.3. The molecule has 8 heteroatoms. The Morgan fingerprint density at radius 2 is 1.92 bits per heavy atom. The molecule has 0 atom stereocenters. The van der Waals surface area contributed by atoms with E-state index in [-0.39, 0.29) is 11.4 Å². The molecule has 3 aromatic rings. The summed E-state index contributed by atoms with van der Waals surface area (Å²) in [7, 11) is 1.90. The topological polar surface area (TPSA) is 83.1 Å². The van der Waals surface area contributed by atoms with Crippen LogP contribution in [0.3, 0.4) is 0 Å². The van der Waals surface area contributed by atoms with Crippen LogP contribution in [0.25, 0.3) is 11.4 Å². The molecule has 0 aliphatic carbocycles. The zero-order chi connectivity index (χ0) is 18.7. The minimum atomic E-state index is -0.447. The molecule has 0 bridgehead atoms. The molecule has 0 unspecified atom stereocenters. The van der Waals surface area contributed by atoms with E-state index in [9.17, 15) is 10.1 Å². The van der Waals surface area contributed by atoms with Crippen LogP contribution in [0, 0.1) is 17.0 Å². The van der Waals surface area contributed by atoms with E-state index in [0.717, 1.165) is 16.3 Å². The lowest BCUT2D eigenvalue weighted by Crippen LogP contribution is -1.98. The van der Waals surface area contributed by atoms with Crippen LogP contribution in [0.2, 0.25) is 0 Å². The number of nitro benzene ring substituents is 1. The fraction of sp³-hybridized carbons (Fsp3) is 0.222. The fourth-order valence-corrected chi connectivity index (χ4v) is 3.26. The first-order valence-corrected chi connectivity index (χ1v) is 8.86. The number of benzene rings is 2. The molecule has 0 saturated carbocycles. The second-order valence-electron chi connectivity index (χ2n) is 5.65. The molecule has 3 rings (SSSR count). The lowest BCUT2D eigenvalue weighted by Gasteiger charge is -2.07. The maximum atomic E-state index is 11.1. The van der Waals surface area contributed by atoms with Crippen molar-refractivity contribution in [1.82, 2.24) is 14.8 Å². The Hall–Kier alpha value is -2.87. The van der Waals surface area contributed by atoms with Crippen LogP contribution in [-0.4, -0.2) is 26.3 Å². The number of aromatic nitrogens is 3. The quantitative estimate of drug-likeness (QED) is 0.476. The molecule has 0 N–H and O–H groups in total. The van der Waals surface area contributed by atoms with E-state index in [2.05, 4.69) is 10.2 Å². The maximum absolute atomic E-state index is 11.1. The zero-order valence-electron chi connectivity index (χ0n) is 14.7. The SMILES string of the molecule is CCOc1cc(Sc2nnc(-c3ccc(C)cc3)n2C)ccc1[N+](=O)[O-]. The second kappa shape index (κ2) is 7.57. The largest absolute Gasteiger partial charge is 0.487 e. The van der Waals surface area contributed by atoms with E-state index in [0.29, 0.717) is 11.8 Å². The van der Waals surface area contributed by atoms with Gasteiger partial charge in [-0.1, -0.05) is 29.8 Å².